The zero-order chi connectivity index (χ0) is 21.6. The van der Waals surface area contributed by atoms with Crippen molar-refractivity contribution >= 4 is 17.5 Å². The van der Waals surface area contributed by atoms with Crippen molar-refractivity contribution in [3.05, 3.63) is 88.9 Å². The number of hydrogen-bond donors (Lipinski definition) is 1. The van der Waals surface area contributed by atoms with Crippen LogP contribution in [0.1, 0.15) is 11.1 Å². The largest absolute Gasteiger partial charge is 0.483 e. The molecule has 1 N–H and O–H groups in total. The number of rotatable bonds is 7. The molecule has 0 unspecified atom stereocenters. The second-order valence-corrected chi connectivity index (χ2v) is 7.35. The highest BCUT2D eigenvalue weighted by Gasteiger charge is 2.15. The first-order valence-electron chi connectivity index (χ1n) is 9.73. The summed E-state index contributed by atoms with van der Waals surface area (Å²) in [4.78, 5) is 16.7. The summed E-state index contributed by atoms with van der Waals surface area (Å²) in [5.74, 6) is 1.03. The van der Waals surface area contributed by atoms with Crippen molar-refractivity contribution in [3.8, 4) is 28.6 Å². The van der Waals surface area contributed by atoms with E-state index in [1.165, 1.54) is 0 Å². The predicted octanol–water partition coefficient (Wildman–Crippen LogP) is 5.06. The average Bonchev–Trinajstić information content (AvgIpc) is 3.28. The van der Waals surface area contributed by atoms with Gasteiger partial charge >= 0.3 is 0 Å². The third-order valence-corrected chi connectivity index (χ3v) is 5.01. The second kappa shape index (κ2) is 9.45. The van der Waals surface area contributed by atoms with Crippen LogP contribution in [0.5, 0.6) is 5.75 Å². The topological polar surface area (TPSA) is 77.2 Å². The number of amides is 1. The van der Waals surface area contributed by atoms with Crippen molar-refractivity contribution in [1.29, 1.82) is 0 Å². The van der Waals surface area contributed by atoms with Gasteiger partial charge in [-0.25, -0.2) is 0 Å². The van der Waals surface area contributed by atoms with E-state index in [1.54, 1.807) is 12.1 Å². The fourth-order valence-electron chi connectivity index (χ4n) is 2.95. The van der Waals surface area contributed by atoms with Gasteiger partial charge in [-0.1, -0.05) is 76.9 Å². The Hall–Kier alpha value is -3.64. The first-order chi connectivity index (χ1) is 15.1. The van der Waals surface area contributed by atoms with Gasteiger partial charge < -0.3 is 14.6 Å². The Morgan fingerprint density at radius 3 is 2.58 bits per heavy atom. The lowest BCUT2D eigenvalue weighted by Crippen LogP contribution is -2.28. The number of halogens is 1. The number of para-hydroxylation sites is 1. The summed E-state index contributed by atoms with van der Waals surface area (Å²) < 4.78 is 11.2. The molecule has 0 aliphatic carbocycles. The van der Waals surface area contributed by atoms with E-state index in [-0.39, 0.29) is 12.5 Å². The molecular weight excluding hydrogens is 414 g/mol. The Labute approximate surface area is 184 Å². The van der Waals surface area contributed by atoms with E-state index in [9.17, 15) is 4.79 Å². The van der Waals surface area contributed by atoms with Gasteiger partial charge in [0.05, 0.1) is 5.56 Å². The molecule has 0 spiro atoms. The maximum Gasteiger partial charge on any atom is 0.262 e. The van der Waals surface area contributed by atoms with Crippen molar-refractivity contribution in [2.75, 3.05) is 6.61 Å². The number of aryl methyl sites for hydroxylation is 1. The van der Waals surface area contributed by atoms with Gasteiger partial charge in [-0.2, -0.15) is 4.98 Å². The second-order valence-electron chi connectivity index (χ2n) is 6.94. The molecule has 1 amide bonds. The summed E-state index contributed by atoms with van der Waals surface area (Å²) in [6, 6.07) is 22.4. The van der Waals surface area contributed by atoms with Crippen LogP contribution in [-0.4, -0.2) is 22.7 Å². The van der Waals surface area contributed by atoms with Crippen LogP contribution in [-0.2, 0) is 11.3 Å². The fraction of sp³-hybridized carbons (Fsp3) is 0.125. The number of benzene rings is 3. The van der Waals surface area contributed by atoms with Crippen molar-refractivity contribution in [2.45, 2.75) is 13.5 Å². The maximum atomic E-state index is 12.2. The average molecular weight is 434 g/mol. The SMILES string of the molecule is Cc1ccc(-c2noc(-c3ccccc3OCC(=O)NCc3ccccc3Cl)n2)cc1. The molecule has 1 heterocycles. The van der Waals surface area contributed by atoms with Crippen molar-refractivity contribution < 1.29 is 14.1 Å². The lowest BCUT2D eigenvalue weighted by Gasteiger charge is -2.10. The van der Waals surface area contributed by atoms with Crippen LogP contribution in [0.2, 0.25) is 5.02 Å². The van der Waals surface area contributed by atoms with Gasteiger partial charge in [0.2, 0.25) is 5.82 Å². The molecule has 0 saturated carbocycles. The normalized spacial score (nSPS) is 10.6. The van der Waals surface area contributed by atoms with Gasteiger partial charge in [0, 0.05) is 17.1 Å². The fourth-order valence-corrected chi connectivity index (χ4v) is 3.15. The van der Waals surface area contributed by atoms with Crippen molar-refractivity contribution in [2.24, 2.45) is 0 Å². The first kappa shape index (κ1) is 20.6. The molecule has 7 heteroatoms. The van der Waals surface area contributed by atoms with Crippen LogP contribution in [0.4, 0.5) is 0 Å². The molecule has 1 aromatic heterocycles. The smallest absolute Gasteiger partial charge is 0.262 e. The number of nitrogens with zero attached hydrogens (tertiary/aromatic N) is 2. The number of aromatic nitrogens is 2. The van der Waals surface area contributed by atoms with Crippen molar-refractivity contribution in [1.82, 2.24) is 15.5 Å². The highest BCUT2D eigenvalue weighted by atomic mass is 35.5. The minimum atomic E-state index is -0.263. The molecule has 4 aromatic rings. The van der Waals surface area contributed by atoms with E-state index in [1.807, 2.05) is 67.6 Å². The lowest BCUT2D eigenvalue weighted by molar-refractivity contribution is -0.123. The predicted molar refractivity (Wildman–Crippen MR) is 119 cm³/mol. The van der Waals surface area contributed by atoms with Gasteiger partial charge in [-0.05, 0) is 30.7 Å². The third kappa shape index (κ3) is 5.10. The molecule has 0 bridgehead atoms. The Bertz CT molecular complexity index is 1190. The molecule has 4 rings (SSSR count). The quantitative estimate of drug-likeness (QED) is 0.440. The zero-order valence-electron chi connectivity index (χ0n) is 16.8. The number of hydrogen-bond acceptors (Lipinski definition) is 5. The van der Waals surface area contributed by atoms with Crippen LogP contribution in [0.3, 0.4) is 0 Å². The number of carbonyl (C=O) groups excluding carboxylic acids is 1. The molecule has 0 fully saturated rings. The van der Waals surface area contributed by atoms with Crippen LogP contribution >= 0.6 is 11.6 Å². The molecule has 156 valence electrons. The molecule has 3 aromatic carbocycles. The Morgan fingerprint density at radius 2 is 1.77 bits per heavy atom. The summed E-state index contributed by atoms with van der Waals surface area (Å²) in [6.07, 6.45) is 0. The molecule has 0 atom stereocenters. The highest BCUT2D eigenvalue weighted by molar-refractivity contribution is 6.31. The van der Waals surface area contributed by atoms with E-state index < -0.39 is 0 Å². The number of ether oxygens (including phenoxy) is 1. The summed E-state index contributed by atoms with van der Waals surface area (Å²) in [7, 11) is 0. The monoisotopic (exact) mass is 433 g/mol. The van der Waals surface area contributed by atoms with E-state index in [0.29, 0.717) is 34.6 Å². The first-order valence-corrected chi connectivity index (χ1v) is 10.1. The van der Waals surface area contributed by atoms with E-state index in [2.05, 4.69) is 15.5 Å². The van der Waals surface area contributed by atoms with E-state index in [0.717, 1.165) is 16.7 Å². The molecule has 0 aliphatic heterocycles. The standard InChI is InChI=1S/C24H20ClN3O3/c1-16-10-12-17(13-11-16)23-27-24(31-28-23)19-7-3-5-9-21(19)30-15-22(29)26-14-18-6-2-4-8-20(18)25/h2-13H,14-15H2,1H3,(H,26,29). The molecule has 0 radical (unpaired) electrons. The molecular formula is C24H20ClN3O3. The lowest BCUT2D eigenvalue weighted by atomic mass is 10.1. The molecule has 31 heavy (non-hydrogen) atoms. The minimum Gasteiger partial charge on any atom is -0.483 e. The zero-order valence-corrected chi connectivity index (χ0v) is 17.6. The van der Waals surface area contributed by atoms with Crippen LogP contribution in [0.25, 0.3) is 22.8 Å². The van der Waals surface area contributed by atoms with Crippen LogP contribution < -0.4 is 10.1 Å². The third-order valence-electron chi connectivity index (χ3n) is 4.65. The summed E-state index contributed by atoms with van der Waals surface area (Å²) >= 11 is 6.12. The van der Waals surface area contributed by atoms with Crippen molar-refractivity contribution in [3.63, 3.8) is 0 Å². The van der Waals surface area contributed by atoms with Gasteiger partial charge in [0.25, 0.3) is 11.8 Å². The Balaban J connectivity index is 1.42. The van der Waals surface area contributed by atoms with E-state index in [4.69, 9.17) is 20.9 Å². The van der Waals surface area contributed by atoms with Crippen LogP contribution in [0.15, 0.2) is 77.3 Å². The van der Waals surface area contributed by atoms with E-state index >= 15 is 0 Å². The van der Waals surface area contributed by atoms with Gasteiger partial charge in [-0.15, -0.1) is 0 Å². The highest BCUT2D eigenvalue weighted by Crippen LogP contribution is 2.30. The number of nitrogens with one attached hydrogen (secondary N) is 1. The van der Waals surface area contributed by atoms with Crippen LogP contribution in [0, 0.1) is 6.92 Å². The molecule has 0 aliphatic rings. The Morgan fingerprint density at radius 1 is 1.03 bits per heavy atom. The Kier molecular flexibility index (Phi) is 6.29. The minimum absolute atomic E-state index is 0.152. The van der Waals surface area contributed by atoms with Gasteiger partial charge in [0.1, 0.15) is 5.75 Å². The molecule has 6 nitrogen and oxygen atoms in total. The number of carbonyl (C=O) groups is 1. The maximum absolute atomic E-state index is 12.2. The summed E-state index contributed by atoms with van der Waals surface area (Å²) in [5, 5.41) is 7.47. The van der Waals surface area contributed by atoms with Gasteiger partial charge in [-0.3, -0.25) is 4.79 Å². The van der Waals surface area contributed by atoms with Gasteiger partial charge in [0.15, 0.2) is 6.61 Å². The summed E-state index contributed by atoms with van der Waals surface area (Å²) in [5.41, 5.74) is 3.47. The summed E-state index contributed by atoms with van der Waals surface area (Å²) in [6.45, 7) is 2.19. The molecule has 0 saturated heterocycles.